The fraction of sp³-hybridized carbons (Fsp3) is 0.533. The Balaban J connectivity index is 1.96. The lowest BCUT2D eigenvalue weighted by atomic mass is 10.0. The number of para-hydroxylation sites is 1. The number of hydrogen-bond donors (Lipinski definition) is 1. The zero-order valence-electron chi connectivity index (χ0n) is 12.1. The van der Waals surface area contributed by atoms with Crippen molar-refractivity contribution in [2.45, 2.75) is 19.9 Å². The predicted octanol–water partition coefficient (Wildman–Crippen LogP) is 1.97. The summed E-state index contributed by atoms with van der Waals surface area (Å²) in [5.74, 6) is 0.0284. The fourth-order valence-electron chi connectivity index (χ4n) is 2.39. The number of benzene rings is 1. The molecule has 0 saturated carbocycles. The number of carbonyl (C=O) groups excluding carboxylic acids is 1. The van der Waals surface area contributed by atoms with Gasteiger partial charge in [-0.05, 0) is 19.1 Å². The average Bonchev–Trinajstić information content (AvgIpc) is 2.46. The number of amides is 1. The Bertz CT molecular complexity index is 470. The molecule has 20 heavy (non-hydrogen) atoms. The monoisotopic (exact) mass is 295 g/mol. The molecular weight excluding hydrogens is 274 g/mol. The van der Waals surface area contributed by atoms with Gasteiger partial charge >= 0.3 is 0 Å². The molecule has 2 N–H and O–H groups in total. The molecule has 0 bridgehead atoms. The van der Waals surface area contributed by atoms with Crippen LogP contribution < -0.4 is 10.6 Å². The van der Waals surface area contributed by atoms with E-state index in [0.717, 1.165) is 36.9 Å². The van der Waals surface area contributed by atoms with E-state index in [1.165, 1.54) is 0 Å². The summed E-state index contributed by atoms with van der Waals surface area (Å²) >= 11 is 6.21. The van der Waals surface area contributed by atoms with Gasteiger partial charge < -0.3 is 15.5 Å². The minimum atomic E-state index is -0.123. The lowest BCUT2D eigenvalue weighted by Crippen LogP contribution is -2.52. The number of piperazine rings is 1. The summed E-state index contributed by atoms with van der Waals surface area (Å²) in [5.41, 5.74) is 6.85. The van der Waals surface area contributed by atoms with E-state index in [4.69, 9.17) is 17.3 Å². The Morgan fingerprint density at radius 3 is 2.35 bits per heavy atom. The highest BCUT2D eigenvalue weighted by Crippen LogP contribution is 2.26. The standard InChI is InChI=1S/C15H22ClN3O/c1-11(12(2)17)15(20)19-9-7-18(8-10-19)14-6-4-3-5-13(14)16/h3-6,11-12H,7-10,17H2,1-2H3. The predicted molar refractivity (Wildman–Crippen MR) is 83.1 cm³/mol. The third-order valence-corrected chi connectivity index (χ3v) is 4.28. The van der Waals surface area contributed by atoms with Crippen molar-refractivity contribution >= 4 is 23.2 Å². The first-order valence-corrected chi connectivity index (χ1v) is 7.42. The van der Waals surface area contributed by atoms with Crippen molar-refractivity contribution in [1.29, 1.82) is 0 Å². The van der Waals surface area contributed by atoms with Gasteiger partial charge in [0.1, 0.15) is 0 Å². The molecule has 1 aliphatic heterocycles. The Labute approximate surface area is 125 Å². The van der Waals surface area contributed by atoms with Gasteiger partial charge in [0, 0.05) is 32.2 Å². The van der Waals surface area contributed by atoms with E-state index in [1.54, 1.807) is 0 Å². The van der Waals surface area contributed by atoms with Crippen molar-refractivity contribution in [1.82, 2.24) is 4.90 Å². The molecule has 4 nitrogen and oxygen atoms in total. The number of halogens is 1. The summed E-state index contributed by atoms with van der Waals surface area (Å²) in [6, 6.07) is 7.72. The molecule has 2 rings (SSSR count). The number of hydrogen-bond acceptors (Lipinski definition) is 3. The molecule has 0 aliphatic carbocycles. The van der Waals surface area contributed by atoms with E-state index in [9.17, 15) is 4.79 Å². The molecule has 5 heteroatoms. The zero-order chi connectivity index (χ0) is 14.7. The van der Waals surface area contributed by atoms with Gasteiger partial charge in [0.15, 0.2) is 0 Å². The molecule has 1 amide bonds. The molecule has 1 heterocycles. The van der Waals surface area contributed by atoms with Crippen LogP contribution in [0.4, 0.5) is 5.69 Å². The first kappa shape index (κ1) is 15.1. The van der Waals surface area contributed by atoms with Crippen molar-refractivity contribution < 1.29 is 4.79 Å². The van der Waals surface area contributed by atoms with Crippen LogP contribution in [0.3, 0.4) is 0 Å². The molecule has 0 spiro atoms. The van der Waals surface area contributed by atoms with Crippen molar-refractivity contribution in [2.24, 2.45) is 11.7 Å². The lowest BCUT2D eigenvalue weighted by Gasteiger charge is -2.38. The highest BCUT2D eigenvalue weighted by molar-refractivity contribution is 6.33. The highest BCUT2D eigenvalue weighted by Gasteiger charge is 2.27. The largest absolute Gasteiger partial charge is 0.367 e. The van der Waals surface area contributed by atoms with Gasteiger partial charge in [0.05, 0.1) is 16.6 Å². The second-order valence-corrected chi connectivity index (χ2v) is 5.82. The molecule has 0 aromatic heterocycles. The van der Waals surface area contributed by atoms with E-state index < -0.39 is 0 Å². The summed E-state index contributed by atoms with van der Waals surface area (Å²) in [6.07, 6.45) is 0. The molecule has 2 unspecified atom stereocenters. The molecule has 1 fully saturated rings. The maximum Gasteiger partial charge on any atom is 0.227 e. The van der Waals surface area contributed by atoms with Gasteiger partial charge in [-0.2, -0.15) is 0 Å². The smallest absolute Gasteiger partial charge is 0.227 e. The second kappa shape index (κ2) is 6.46. The quantitative estimate of drug-likeness (QED) is 0.927. The SMILES string of the molecule is CC(N)C(C)C(=O)N1CCN(c2ccccc2Cl)CC1. The van der Waals surface area contributed by atoms with Gasteiger partial charge in [-0.3, -0.25) is 4.79 Å². The first-order chi connectivity index (χ1) is 9.50. The van der Waals surface area contributed by atoms with Crippen molar-refractivity contribution in [2.75, 3.05) is 31.1 Å². The molecule has 1 aromatic rings. The summed E-state index contributed by atoms with van der Waals surface area (Å²) in [6.45, 7) is 6.83. The number of rotatable bonds is 3. The van der Waals surface area contributed by atoms with Crippen molar-refractivity contribution in [3.63, 3.8) is 0 Å². The lowest BCUT2D eigenvalue weighted by molar-refractivity contribution is -0.135. The molecule has 1 aliphatic rings. The van der Waals surface area contributed by atoms with E-state index in [0.29, 0.717) is 0 Å². The van der Waals surface area contributed by atoms with Gasteiger partial charge in [-0.15, -0.1) is 0 Å². The Morgan fingerprint density at radius 2 is 1.80 bits per heavy atom. The molecule has 1 aromatic carbocycles. The van der Waals surface area contributed by atoms with E-state index in [2.05, 4.69) is 4.90 Å². The molecule has 2 atom stereocenters. The van der Waals surface area contributed by atoms with Crippen LogP contribution in [0.15, 0.2) is 24.3 Å². The van der Waals surface area contributed by atoms with E-state index >= 15 is 0 Å². The van der Waals surface area contributed by atoms with Crippen molar-refractivity contribution in [3.8, 4) is 0 Å². The number of nitrogens with two attached hydrogens (primary N) is 1. The zero-order valence-corrected chi connectivity index (χ0v) is 12.8. The Morgan fingerprint density at radius 1 is 1.20 bits per heavy atom. The Kier molecular flexibility index (Phi) is 4.89. The van der Waals surface area contributed by atoms with Crippen LogP contribution >= 0.6 is 11.6 Å². The van der Waals surface area contributed by atoms with Gasteiger partial charge in [0.25, 0.3) is 0 Å². The van der Waals surface area contributed by atoms with Gasteiger partial charge in [-0.1, -0.05) is 30.7 Å². The summed E-state index contributed by atoms with van der Waals surface area (Å²) in [7, 11) is 0. The maximum atomic E-state index is 12.3. The number of nitrogens with zero attached hydrogens (tertiary/aromatic N) is 2. The maximum absolute atomic E-state index is 12.3. The molecular formula is C15H22ClN3O. The van der Waals surface area contributed by atoms with Crippen molar-refractivity contribution in [3.05, 3.63) is 29.3 Å². The summed E-state index contributed by atoms with van der Waals surface area (Å²) < 4.78 is 0. The topological polar surface area (TPSA) is 49.6 Å². The van der Waals surface area contributed by atoms with E-state index in [1.807, 2.05) is 43.0 Å². The van der Waals surface area contributed by atoms with Crippen LogP contribution in [-0.4, -0.2) is 43.0 Å². The minimum Gasteiger partial charge on any atom is -0.367 e. The number of anilines is 1. The third-order valence-electron chi connectivity index (χ3n) is 3.96. The van der Waals surface area contributed by atoms with Crippen LogP contribution in [0.25, 0.3) is 0 Å². The molecule has 1 saturated heterocycles. The van der Waals surface area contributed by atoms with Crippen LogP contribution in [0, 0.1) is 5.92 Å². The van der Waals surface area contributed by atoms with Crippen LogP contribution in [-0.2, 0) is 4.79 Å². The summed E-state index contributed by atoms with van der Waals surface area (Å²) in [4.78, 5) is 16.4. The van der Waals surface area contributed by atoms with Gasteiger partial charge in [0.2, 0.25) is 5.91 Å². The van der Waals surface area contributed by atoms with Gasteiger partial charge in [-0.25, -0.2) is 0 Å². The normalized spacial score (nSPS) is 18.8. The van der Waals surface area contributed by atoms with E-state index in [-0.39, 0.29) is 17.9 Å². The second-order valence-electron chi connectivity index (χ2n) is 5.41. The van der Waals surface area contributed by atoms with Crippen LogP contribution in [0.1, 0.15) is 13.8 Å². The highest BCUT2D eigenvalue weighted by atomic mass is 35.5. The van der Waals surface area contributed by atoms with Crippen LogP contribution in [0.5, 0.6) is 0 Å². The first-order valence-electron chi connectivity index (χ1n) is 7.04. The molecule has 110 valence electrons. The summed E-state index contributed by atoms with van der Waals surface area (Å²) in [5, 5.41) is 0.760. The number of carbonyl (C=O) groups is 1. The van der Waals surface area contributed by atoms with Crippen LogP contribution in [0.2, 0.25) is 5.02 Å². The molecule has 0 radical (unpaired) electrons. The Hall–Kier alpha value is -1.26. The average molecular weight is 296 g/mol. The fourth-order valence-corrected chi connectivity index (χ4v) is 2.64. The third kappa shape index (κ3) is 3.25. The minimum absolute atomic E-state index is 0.107.